The maximum absolute atomic E-state index is 12.7. The average molecular weight is 404 g/mol. The van der Waals surface area contributed by atoms with Crippen molar-refractivity contribution in [1.82, 2.24) is 14.7 Å². The molecule has 2 fully saturated rings. The van der Waals surface area contributed by atoms with Gasteiger partial charge in [-0.05, 0) is 88.7 Å². The van der Waals surface area contributed by atoms with Crippen molar-refractivity contribution in [1.29, 1.82) is 0 Å². The molecule has 0 spiro atoms. The molecular weight excluding hydrogens is 366 g/mol. The maximum atomic E-state index is 12.7. The molecule has 3 rings (SSSR count). The quantitative estimate of drug-likeness (QED) is 0.644. The molecule has 156 valence electrons. The van der Waals surface area contributed by atoms with E-state index in [9.17, 15) is 4.79 Å². The number of likely N-dealkylation sites (tertiary alicyclic amines) is 2. The molecular formula is C23H37N3OS. The molecule has 2 aliphatic rings. The molecule has 0 N–H and O–H groups in total. The lowest BCUT2D eigenvalue weighted by Crippen LogP contribution is -2.44. The highest BCUT2D eigenvalue weighted by Crippen LogP contribution is 2.24. The first-order valence-corrected chi connectivity index (χ1v) is 12.1. The van der Waals surface area contributed by atoms with Gasteiger partial charge in [0, 0.05) is 37.5 Å². The van der Waals surface area contributed by atoms with Crippen LogP contribution in [0.15, 0.2) is 29.2 Å². The zero-order chi connectivity index (χ0) is 19.9. The smallest absolute Gasteiger partial charge is 0.222 e. The van der Waals surface area contributed by atoms with E-state index in [0.29, 0.717) is 24.3 Å². The molecule has 4 nitrogen and oxygen atoms in total. The monoisotopic (exact) mass is 403 g/mol. The molecule has 0 saturated carbocycles. The standard InChI is InChI=1S/C23H37N3OS/c1-24-15-12-21(13-16-24)25(2)23(27)11-8-19-5-4-14-26(17-19)18-20-6-9-22(28-3)10-7-20/h6-7,9-10,19,21H,4-5,8,11-18H2,1-3H3/t19-/m0/s1. The summed E-state index contributed by atoms with van der Waals surface area (Å²) in [5.74, 6) is 1.01. The van der Waals surface area contributed by atoms with E-state index >= 15 is 0 Å². The van der Waals surface area contributed by atoms with E-state index in [2.05, 4.69) is 47.4 Å². The number of carbonyl (C=O) groups excluding carboxylic acids is 1. The van der Waals surface area contributed by atoms with Gasteiger partial charge in [0.15, 0.2) is 0 Å². The Kier molecular flexibility index (Phi) is 8.24. The van der Waals surface area contributed by atoms with Crippen LogP contribution >= 0.6 is 11.8 Å². The maximum Gasteiger partial charge on any atom is 0.222 e. The molecule has 2 aliphatic heterocycles. The van der Waals surface area contributed by atoms with Gasteiger partial charge in [-0.25, -0.2) is 0 Å². The van der Waals surface area contributed by atoms with Crippen molar-refractivity contribution in [3.63, 3.8) is 0 Å². The van der Waals surface area contributed by atoms with Crippen LogP contribution in [0.3, 0.4) is 0 Å². The van der Waals surface area contributed by atoms with Crippen molar-refractivity contribution in [2.75, 3.05) is 46.5 Å². The van der Waals surface area contributed by atoms with Crippen molar-refractivity contribution >= 4 is 17.7 Å². The highest BCUT2D eigenvalue weighted by molar-refractivity contribution is 7.98. The van der Waals surface area contributed by atoms with Crippen molar-refractivity contribution in [3.8, 4) is 0 Å². The van der Waals surface area contributed by atoms with Crippen molar-refractivity contribution in [3.05, 3.63) is 29.8 Å². The van der Waals surface area contributed by atoms with Crippen LogP contribution in [0.1, 0.15) is 44.1 Å². The number of nitrogens with zero attached hydrogens (tertiary/aromatic N) is 3. The van der Waals surface area contributed by atoms with E-state index in [1.165, 1.54) is 29.8 Å². The Hall–Kier alpha value is -1.04. The lowest BCUT2D eigenvalue weighted by molar-refractivity contribution is -0.133. The minimum atomic E-state index is 0.347. The van der Waals surface area contributed by atoms with E-state index < -0.39 is 0 Å². The van der Waals surface area contributed by atoms with Crippen LogP contribution < -0.4 is 0 Å². The second-order valence-corrected chi connectivity index (χ2v) is 9.55. The molecule has 0 unspecified atom stereocenters. The van der Waals surface area contributed by atoms with E-state index in [1.807, 2.05) is 11.9 Å². The molecule has 0 radical (unpaired) electrons. The summed E-state index contributed by atoms with van der Waals surface area (Å²) in [6, 6.07) is 9.40. The van der Waals surface area contributed by atoms with Crippen molar-refractivity contribution in [2.24, 2.45) is 5.92 Å². The van der Waals surface area contributed by atoms with Crippen LogP contribution in [-0.2, 0) is 11.3 Å². The van der Waals surface area contributed by atoms with Gasteiger partial charge in [-0.1, -0.05) is 12.1 Å². The van der Waals surface area contributed by atoms with Crippen LogP contribution in [0.2, 0.25) is 0 Å². The van der Waals surface area contributed by atoms with Crippen molar-refractivity contribution < 1.29 is 4.79 Å². The second-order valence-electron chi connectivity index (χ2n) is 8.67. The molecule has 1 atom stereocenters. The summed E-state index contributed by atoms with van der Waals surface area (Å²) < 4.78 is 0. The lowest BCUT2D eigenvalue weighted by Gasteiger charge is -2.36. The van der Waals surface area contributed by atoms with Gasteiger partial charge in [0.1, 0.15) is 0 Å². The first-order valence-electron chi connectivity index (χ1n) is 10.8. The Morgan fingerprint density at radius 2 is 1.86 bits per heavy atom. The highest BCUT2D eigenvalue weighted by atomic mass is 32.2. The second kappa shape index (κ2) is 10.7. The minimum absolute atomic E-state index is 0.347. The van der Waals surface area contributed by atoms with Crippen LogP contribution in [0.25, 0.3) is 0 Å². The van der Waals surface area contributed by atoms with E-state index in [0.717, 1.165) is 45.4 Å². The summed E-state index contributed by atoms with van der Waals surface area (Å²) in [5.41, 5.74) is 1.40. The van der Waals surface area contributed by atoms with Gasteiger partial charge in [-0.2, -0.15) is 0 Å². The third-order valence-electron chi connectivity index (χ3n) is 6.56. The number of benzene rings is 1. The Morgan fingerprint density at radius 3 is 2.54 bits per heavy atom. The Labute approximate surface area is 175 Å². The molecule has 1 aromatic carbocycles. The van der Waals surface area contributed by atoms with Gasteiger partial charge in [0.2, 0.25) is 5.91 Å². The fourth-order valence-electron chi connectivity index (χ4n) is 4.61. The summed E-state index contributed by atoms with van der Waals surface area (Å²) in [5, 5.41) is 0. The highest BCUT2D eigenvalue weighted by Gasteiger charge is 2.25. The normalized spacial score (nSPS) is 22.3. The predicted octanol–water partition coefficient (Wildman–Crippen LogP) is 3.95. The number of amides is 1. The topological polar surface area (TPSA) is 26.8 Å². The summed E-state index contributed by atoms with van der Waals surface area (Å²) in [4.78, 5) is 21.0. The van der Waals surface area contributed by atoms with Gasteiger partial charge in [-0.3, -0.25) is 9.69 Å². The van der Waals surface area contributed by atoms with E-state index in [4.69, 9.17) is 0 Å². The molecule has 2 saturated heterocycles. The van der Waals surface area contributed by atoms with Gasteiger partial charge in [0.05, 0.1) is 0 Å². The van der Waals surface area contributed by atoms with E-state index in [1.54, 1.807) is 11.8 Å². The number of hydrogen-bond donors (Lipinski definition) is 0. The summed E-state index contributed by atoms with van der Waals surface area (Å²) in [6.45, 7) is 5.57. The molecule has 0 aromatic heterocycles. The molecule has 28 heavy (non-hydrogen) atoms. The third kappa shape index (κ3) is 6.23. The average Bonchev–Trinajstić information content (AvgIpc) is 2.73. The molecule has 1 amide bonds. The van der Waals surface area contributed by atoms with Gasteiger partial charge in [-0.15, -0.1) is 11.8 Å². The third-order valence-corrected chi connectivity index (χ3v) is 7.31. The lowest BCUT2D eigenvalue weighted by atomic mass is 9.92. The first-order chi connectivity index (χ1) is 13.5. The molecule has 5 heteroatoms. The van der Waals surface area contributed by atoms with Crippen LogP contribution in [-0.4, -0.2) is 73.2 Å². The van der Waals surface area contributed by atoms with E-state index in [-0.39, 0.29) is 0 Å². The number of piperidine rings is 2. The molecule has 0 bridgehead atoms. The Morgan fingerprint density at radius 1 is 1.14 bits per heavy atom. The van der Waals surface area contributed by atoms with Gasteiger partial charge in [0.25, 0.3) is 0 Å². The first kappa shape index (κ1) is 21.7. The van der Waals surface area contributed by atoms with Crippen LogP contribution in [0, 0.1) is 5.92 Å². The van der Waals surface area contributed by atoms with Gasteiger partial charge < -0.3 is 9.80 Å². The number of hydrogen-bond acceptors (Lipinski definition) is 4. The summed E-state index contributed by atoms with van der Waals surface area (Å²) in [7, 11) is 4.19. The number of carbonyl (C=O) groups is 1. The van der Waals surface area contributed by atoms with Crippen molar-refractivity contribution in [2.45, 2.75) is 56.0 Å². The predicted molar refractivity (Wildman–Crippen MR) is 119 cm³/mol. The zero-order valence-electron chi connectivity index (χ0n) is 17.9. The zero-order valence-corrected chi connectivity index (χ0v) is 18.7. The minimum Gasteiger partial charge on any atom is -0.343 e. The Balaban J connectivity index is 1.42. The Bertz CT molecular complexity index is 613. The molecule has 2 heterocycles. The molecule has 0 aliphatic carbocycles. The summed E-state index contributed by atoms with van der Waals surface area (Å²) >= 11 is 1.79. The fourth-order valence-corrected chi connectivity index (χ4v) is 5.02. The van der Waals surface area contributed by atoms with Crippen LogP contribution in [0.4, 0.5) is 0 Å². The van der Waals surface area contributed by atoms with Gasteiger partial charge >= 0.3 is 0 Å². The largest absolute Gasteiger partial charge is 0.343 e. The SMILES string of the molecule is CSc1ccc(CN2CCC[C@@H](CCC(=O)N(C)C3CCN(C)CC3)C2)cc1. The number of rotatable bonds is 7. The summed E-state index contributed by atoms with van der Waals surface area (Å²) in [6.07, 6.45) is 8.63. The fraction of sp³-hybridized carbons (Fsp3) is 0.696. The number of thioether (sulfide) groups is 1. The molecule has 1 aromatic rings. The van der Waals surface area contributed by atoms with Crippen LogP contribution in [0.5, 0.6) is 0 Å².